The molecule has 1 N–H and O–H groups in total. The molecule has 10 heteroatoms. The molecule has 0 atom stereocenters. The number of sulfonamides is 1. The molecule has 0 aliphatic heterocycles. The van der Waals surface area contributed by atoms with E-state index in [2.05, 4.69) is 5.32 Å². The summed E-state index contributed by atoms with van der Waals surface area (Å²) in [6.07, 6.45) is 2.58. The second-order valence-electron chi connectivity index (χ2n) is 7.64. The molecule has 0 radical (unpaired) electrons. The zero-order chi connectivity index (χ0) is 26.3. The van der Waals surface area contributed by atoms with Gasteiger partial charge in [0.2, 0.25) is 5.91 Å². The first kappa shape index (κ1) is 27.2. The van der Waals surface area contributed by atoms with Crippen molar-refractivity contribution in [2.75, 3.05) is 43.8 Å². The van der Waals surface area contributed by atoms with Crippen LogP contribution in [0.2, 0.25) is 0 Å². The summed E-state index contributed by atoms with van der Waals surface area (Å²) in [5.41, 5.74) is 1.76. The Morgan fingerprint density at radius 2 is 1.58 bits per heavy atom. The van der Waals surface area contributed by atoms with Crippen molar-refractivity contribution in [1.82, 2.24) is 0 Å². The molecular weight excluding hydrogens is 500 g/mol. The normalized spacial score (nSPS) is 11.0. The second kappa shape index (κ2) is 12.0. The maximum atomic E-state index is 14.0. The summed E-state index contributed by atoms with van der Waals surface area (Å²) in [6.45, 7) is 1.49. The molecule has 8 nitrogen and oxygen atoms in total. The van der Waals surface area contributed by atoms with Crippen LogP contribution in [0, 0.1) is 0 Å². The summed E-state index contributed by atoms with van der Waals surface area (Å²) in [5, 5.41) is 2.84. The number of amides is 1. The second-order valence-corrected chi connectivity index (χ2v) is 10.3. The summed E-state index contributed by atoms with van der Waals surface area (Å²) in [7, 11) is 0.134. The molecule has 36 heavy (non-hydrogen) atoms. The summed E-state index contributed by atoms with van der Waals surface area (Å²) < 4.78 is 45.0. The zero-order valence-corrected chi connectivity index (χ0v) is 22.5. The van der Waals surface area contributed by atoms with E-state index in [0.717, 1.165) is 14.8 Å². The van der Waals surface area contributed by atoms with E-state index in [1.807, 2.05) is 31.4 Å². The minimum absolute atomic E-state index is 0.0542. The first-order valence-electron chi connectivity index (χ1n) is 11.1. The van der Waals surface area contributed by atoms with Gasteiger partial charge in [-0.2, -0.15) is 0 Å². The highest BCUT2D eigenvalue weighted by Gasteiger charge is 2.31. The third-order valence-corrected chi connectivity index (χ3v) is 8.08. The Balaban J connectivity index is 2.11. The van der Waals surface area contributed by atoms with E-state index in [4.69, 9.17) is 14.2 Å². The maximum Gasteiger partial charge on any atom is 0.265 e. The number of benzene rings is 3. The number of rotatable bonds is 11. The van der Waals surface area contributed by atoms with E-state index in [9.17, 15) is 13.2 Å². The number of anilines is 2. The number of nitrogens with one attached hydrogen (secondary N) is 1. The lowest BCUT2D eigenvalue weighted by atomic mass is 10.1. The predicted molar refractivity (Wildman–Crippen MR) is 143 cm³/mol. The van der Waals surface area contributed by atoms with Crippen molar-refractivity contribution >= 4 is 39.1 Å². The molecule has 0 aromatic heterocycles. The fourth-order valence-electron chi connectivity index (χ4n) is 3.62. The van der Waals surface area contributed by atoms with Crippen LogP contribution in [-0.2, 0) is 21.2 Å². The van der Waals surface area contributed by atoms with Crippen LogP contribution in [0.1, 0.15) is 12.5 Å². The molecule has 192 valence electrons. The molecule has 0 saturated carbocycles. The highest BCUT2D eigenvalue weighted by Crippen LogP contribution is 2.36. The van der Waals surface area contributed by atoms with E-state index in [-0.39, 0.29) is 16.3 Å². The molecule has 0 saturated heterocycles. The number of ether oxygens (including phenoxy) is 3. The van der Waals surface area contributed by atoms with Crippen LogP contribution in [0.25, 0.3) is 0 Å². The quantitative estimate of drug-likeness (QED) is 0.355. The summed E-state index contributed by atoms with van der Waals surface area (Å²) in [5.74, 6) is 0.476. The number of para-hydroxylation sites is 1. The van der Waals surface area contributed by atoms with Gasteiger partial charge in [0.15, 0.2) is 11.5 Å². The monoisotopic (exact) mass is 530 g/mol. The average Bonchev–Trinajstić information content (AvgIpc) is 2.91. The van der Waals surface area contributed by atoms with Crippen molar-refractivity contribution in [1.29, 1.82) is 0 Å². The summed E-state index contributed by atoms with van der Waals surface area (Å²) in [4.78, 5) is 14.0. The van der Waals surface area contributed by atoms with Gasteiger partial charge in [0, 0.05) is 11.0 Å². The van der Waals surface area contributed by atoms with Gasteiger partial charge in [0.25, 0.3) is 10.0 Å². The van der Waals surface area contributed by atoms with Crippen molar-refractivity contribution in [2.24, 2.45) is 0 Å². The van der Waals surface area contributed by atoms with Gasteiger partial charge in [0.1, 0.15) is 12.3 Å². The van der Waals surface area contributed by atoms with Gasteiger partial charge >= 0.3 is 0 Å². The van der Waals surface area contributed by atoms with Crippen LogP contribution in [0.3, 0.4) is 0 Å². The van der Waals surface area contributed by atoms with Crippen LogP contribution < -0.4 is 23.8 Å². The molecule has 3 aromatic carbocycles. The topological polar surface area (TPSA) is 94.2 Å². The van der Waals surface area contributed by atoms with Gasteiger partial charge in [-0.1, -0.05) is 25.1 Å². The van der Waals surface area contributed by atoms with Crippen molar-refractivity contribution < 1.29 is 27.4 Å². The summed E-state index contributed by atoms with van der Waals surface area (Å²) in [6, 6.07) is 16.9. The average molecular weight is 531 g/mol. The molecule has 0 bridgehead atoms. The third kappa shape index (κ3) is 5.88. The molecule has 3 rings (SSSR count). The van der Waals surface area contributed by atoms with Crippen LogP contribution >= 0.6 is 11.8 Å². The number of nitrogens with zero attached hydrogens (tertiary/aromatic N) is 1. The van der Waals surface area contributed by atoms with E-state index in [0.29, 0.717) is 23.6 Å². The number of hydrogen-bond donors (Lipinski definition) is 1. The third-order valence-electron chi connectivity index (χ3n) is 5.53. The molecule has 1 amide bonds. The highest BCUT2D eigenvalue weighted by atomic mass is 32.2. The number of carbonyl (C=O) groups excluding carboxylic acids is 1. The lowest BCUT2D eigenvalue weighted by Gasteiger charge is -2.26. The Bertz CT molecular complexity index is 1330. The van der Waals surface area contributed by atoms with Crippen LogP contribution in [-0.4, -0.2) is 48.5 Å². The molecule has 0 aliphatic carbocycles. The Kier molecular flexibility index (Phi) is 9.11. The van der Waals surface area contributed by atoms with Crippen molar-refractivity contribution in [2.45, 2.75) is 23.1 Å². The standard InChI is InChI=1S/C26H30N2O6S2/c1-6-18-11-13-22(32-2)21(15-18)28(17-26(29)27-20-9-7-8-10-25(20)35-5)36(30,31)19-12-14-23(33-3)24(16-19)34-4/h7-16H,6,17H2,1-5H3,(H,27,29). The molecule has 0 spiro atoms. The molecule has 0 heterocycles. The lowest BCUT2D eigenvalue weighted by molar-refractivity contribution is -0.114. The first-order chi connectivity index (χ1) is 17.3. The minimum Gasteiger partial charge on any atom is -0.495 e. The van der Waals surface area contributed by atoms with Gasteiger partial charge in [-0.05, 0) is 54.6 Å². The zero-order valence-electron chi connectivity index (χ0n) is 20.9. The number of thioether (sulfide) groups is 1. The van der Waals surface area contributed by atoms with Gasteiger partial charge in [-0.25, -0.2) is 8.42 Å². The predicted octanol–water partition coefficient (Wildman–Crippen LogP) is 4.83. The van der Waals surface area contributed by atoms with Gasteiger partial charge in [-0.3, -0.25) is 9.10 Å². The van der Waals surface area contributed by atoms with Gasteiger partial charge < -0.3 is 19.5 Å². The van der Waals surface area contributed by atoms with Crippen LogP contribution in [0.4, 0.5) is 11.4 Å². The van der Waals surface area contributed by atoms with Gasteiger partial charge in [-0.15, -0.1) is 11.8 Å². The number of hydrogen-bond acceptors (Lipinski definition) is 7. The van der Waals surface area contributed by atoms with E-state index in [1.165, 1.54) is 51.3 Å². The van der Waals surface area contributed by atoms with E-state index in [1.54, 1.807) is 24.3 Å². The Morgan fingerprint density at radius 3 is 2.22 bits per heavy atom. The Labute approximate surface area is 216 Å². The summed E-state index contributed by atoms with van der Waals surface area (Å²) >= 11 is 1.48. The Morgan fingerprint density at radius 1 is 0.917 bits per heavy atom. The largest absolute Gasteiger partial charge is 0.495 e. The van der Waals surface area contributed by atoms with Crippen LogP contribution in [0.15, 0.2) is 70.5 Å². The molecule has 0 aliphatic rings. The van der Waals surface area contributed by atoms with E-state index < -0.39 is 22.5 Å². The molecule has 0 fully saturated rings. The van der Waals surface area contributed by atoms with Crippen molar-refractivity contribution in [3.05, 3.63) is 66.2 Å². The number of aryl methyl sites for hydroxylation is 1. The van der Waals surface area contributed by atoms with Gasteiger partial charge in [0.05, 0.1) is 37.6 Å². The Hall–Kier alpha value is -3.37. The molecule has 0 unspecified atom stereocenters. The smallest absolute Gasteiger partial charge is 0.265 e. The van der Waals surface area contributed by atoms with Crippen LogP contribution in [0.5, 0.6) is 17.2 Å². The molecular formula is C26H30N2O6S2. The van der Waals surface area contributed by atoms with Crippen molar-refractivity contribution in [3.63, 3.8) is 0 Å². The first-order valence-corrected chi connectivity index (χ1v) is 13.8. The lowest BCUT2D eigenvalue weighted by Crippen LogP contribution is -2.38. The fraction of sp³-hybridized carbons (Fsp3) is 0.269. The highest BCUT2D eigenvalue weighted by molar-refractivity contribution is 7.98. The number of carbonyl (C=O) groups is 1. The molecule has 3 aromatic rings. The van der Waals surface area contributed by atoms with E-state index >= 15 is 0 Å². The number of methoxy groups -OCH3 is 3. The minimum atomic E-state index is -4.22. The SMILES string of the molecule is CCc1ccc(OC)c(N(CC(=O)Nc2ccccc2SC)S(=O)(=O)c2ccc(OC)c(OC)c2)c1. The van der Waals surface area contributed by atoms with Crippen molar-refractivity contribution in [3.8, 4) is 17.2 Å². The fourth-order valence-corrected chi connectivity index (χ4v) is 5.62. The maximum absolute atomic E-state index is 14.0.